The highest BCUT2D eigenvalue weighted by Gasteiger charge is 2.24. The zero-order chi connectivity index (χ0) is 24.9. The number of benzene rings is 2. The van der Waals surface area contributed by atoms with Crippen molar-refractivity contribution in [1.82, 2.24) is 9.29 Å². The number of nitro groups is 1. The zero-order valence-corrected chi connectivity index (χ0v) is 19.3. The molecule has 178 valence electrons. The quantitative estimate of drug-likeness (QED) is 0.279. The zero-order valence-electron chi connectivity index (χ0n) is 18.5. The fraction of sp³-hybridized carbons (Fsp3) is 0.217. The van der Waals surface area contributed by atoms with Gasteiger partial charge in [-0.15, -0.1) is 0 Å². The van der Waals surface area contributed by atoms with Gasteiger partial charge in [0, 0.05) is 24.8 Å². The Kier molecular flexibility index (Phi) is 7.59. The third kappa shape index (κ3) is 5.74. The van der Waals surface area contributed by atoms with Gasteiger partial charge in [-0.05, 0) is 31.0 Å². The molecule has 0 amide bonds. The van der Waals surface area contributed by atoms with E-state index in [1.807, 2.05) is 6.92 Å². The Morgan fingerprint density at radius 1 is 1.15 bits per heavy atom. The number of sulfonamides is 1. The second-order valence-electron chi connectivity index (χ2n) is 7.55. The molecule has 0 saturated carbocycles. The Hall–Kier alpha value is -3.83. The number of nitrogens with zero attached hydrogens (tertiary/aromatic N) is 2. The SMILES string of the molecule is COC(=O)c1cc([N+](=O)[O-])c(=O)n(CCC(NS(=O)(=O)c2ccc(C)cc2)c2ccccc2)c1. The molecule has 0 aliphatic carbocycles. The molecule has 34 heavy (non-hydrogen) atoms. The number of aromatic nitrogens is 1. The van der Waals surface area contributed by atoms with Gasteiger partial charge in [-0.3, -0.25) is 14.9 Å². The largest absolute Gasteiger partial charge is 0.465 e. The Labute approximate surface area is 196 Å². The van der Waals surface area contributed by atoms with Crippen LogP contribution in [0, 0.1) is 17.0 Å². The van der Waals surface area contributed by atoms with Crippen LogP contribution in [0.2, 0.25) is 0 Å². The van der Waals surface area contributed by atoms with Gasteiger partial charge >= 0.3 is 17.2 Å². The van der Waals surface area contributed by atoms with E-state index >= 15 is 0 Å². The monoisotopic (exact) mass is 485 g/mol. The summed E-state index contributed by atoms with van der Waals surface area (Å²) >= 11 is 0. The Morgan fingerprint density at radius 3 is 2.38 bits per heavy atom. The lowest BCUT2D eigenvalue weighted by molar-refractivity contribution is -0.386. The summed E-state index contributed by atoms with van der Waals surface area (Å²) in [5.41, 5.74) is -0.301. The Bertz CT molecular complexity index is 1350. The fourth-order valence-corrected chi connectivity index (χ4v) is 4.63. The predicted molar refractivity (Wildman–Crippen MR) is 124 cm³/mol. The van der Waals surface area contributed by atoms with E-state index < -0.39 is 38.2 Å². The molecule has 2 aromatic carbocycles. The third-order valence-electron chi connectivity index (χ3n) is 5.17. The number of carbonyl (C=O) groups is 1. The van der Waals surface area contributed by atoms with Crippen molar-refractivity contribution in [3.63, 3.8) is 0 Å². The van der Waals surface area contributed by atoms with Crippen molar-refractivity contribution < 1.29 is 22.9 Å². The number of hydrogen-bond donors (Lipinski definition) is 1. The van der Waals surface area contributed by atoms with Crippen LogP contribution in [0.4, 0.5) is 5.69 Å². The number of nitrogens with one attached hydrogen (secondary N) is 1. The van der Waals surface area contributed by atoms with E-state index in [1.165, 1.54) is 12.1 Å². The lowest BCUT2D eigenvalue weighted by Crippen LogP contribution is -2.31. The highest BCUT2D eigenvalue weighted by atomic mass is 32.2. The third-order valence-corrected chi connectivity index (χ3v) is 6.66. The summed E-state index contributed by atoms with van der Waals surface area (Å²) in [5.74, 6) is -0.837. The van der Waals surface area contributed by atoms with Gasteiger partial charge in [0.2, 0.25) is 10.0 Å². The number of aryl methyl sites for hydroxylation is 2. The molecule has 0 radical (unpaired) electrons. The maximum Gasteiger partial charge on any atom is 0.339 e. The molecular formula is C23H23N3O7S. The maximum atomic E-state index is 13.0. The smallest absolute Gasteiger partial charge is 0.339 e. The van der Waals surface area contributed by atoms with E-state index in [0.717, 1.165) is 29.5 Å². The average molecular weight is 486 g/mol. The number of carbonyl (C=O) groups excluding carboxylic acids is 1. The van der Waals surface area contributed by atoms with Crippen molar-refractivity contribution in [3.8, 4) is 0 Å². The second kappa shape index (κ2) is 10.4. The Balaban J connectivity index is 1.95. The van der Waals surface area contributed by atoms with E-state index in [4.69, 9.17) is 0 Å². The summed E-state index contributed by atoms with van der Waals surface area (Å²) in [6.45, 7) is 1.75. The van der Waals surface area contributed by atoms with Gasteiger partial charge < -0.3 is 9.30 Å². The molecule has 0 spiro atoms. The molecule has 1 aromatic heterocycles. The number of esters is 1. The topological polar surface area (TPSA) is 138 Å². The van der Waals surface area contributed by atoms with Crippen LogP contribution >= 0.6 is 0 Å². The normalized spacial score (nSPS) is 12.2. The molecule has 0 aliphatic rings. The lowest BCUT2D eigenvalue weighted by Gasteiger charge is -2.20. The molecule has 0 aliphatic heterocycles. The summed E-state index contributed by atoms with van der Waals surface area (Å²) in [4.78, 5) is 35.0. The first-order valence-corrected chi connectivity index (χ1v) is 11.7. The van der Waals surface area contributed by atoms with E-state index in [-0.39, 0.29) is 23.4 Å². The van der Waals surface area contributed by atoms with Crippen molar-refractivity contribution in [2.75, 3.05) is 7.11 Å². The van der Waals surface area contributed by atoms with Crippen LogP contribution in [-0.2, 0) is 21.3 Å². The first-order chi connectivity index (χ1) is 16.1. The maximum absolute atomic E-state index is 13.0. The highest BCUT2D eigenvalue weighted by molar-refractivity contribution is 7.89. The summed E-state index contributed by atoms with van der Waals surface area (Å²) in [6.07, 6.45) is 1.24. The summed E-state index contributed by atoms with van der Waals surface area (Å²) < 4.78 is 34.3. The molecular weight excluding hydrogens is 462 g/mol. The van der Waals surface area contributed by atoms with Crippen LogP contribution in [-0.4, -0.2) is 31.0 Å². The minimum atomic E-state index is -3.91. The molecule has 3 aromatic rings. The van der Waals surface area contributed by atoms with E-state index in [9.17, 15) is 28.1 Å². The van der Waals surface area contributed by atoms with Crippen LogP contribution in [0.25, 0.3) is 0 Å². The van der Waals surface area contributed by atoms with Crippen LogP contribution in [0.5, 0.6) is 0 Å². The van der Waals surface area contributed by atoms with Gasteiger partial charge in [-0.2, -0.15) is 0 Å². The van der Waals surface area contributed by atoms with Crippen LogP contribution in [0.15, 0.2) is 76.6 Å². The first-order valence-electron chi connectivity index (χ1n) is 10.2. The van der Waals surface area contributed by atoms with Crippen LogP contribution < -0.4 is 10.3 Å². The van der Waals surface area contributed by atoms with Gasteiger partial charge in [-0.25, -0.2) is 17.9 Å². The molecule has 0 saturated heterocycles. The van der Waals surface area contributed by atoms with Crippen LogP contribution in [0.1, 0.15) is 33.9 Å². The van der Waals surface area contributed by atoms with Gasteiger partial charge in [-0.1, -0.05) is 48.0 Å². The molecule has 1 heterocycles. The van der Waals surface area contributed by atoms with Crippen molar-refractivity contribution in [1.29, 1.82) is 0 Å². The van der Waals surface area contributed by atoms with Crippen molar-refractivity contribution >= 4 is 21.7 Å². The van der Waals surface area contributed by atoms with Crippen LogP contribution in [0.3, 0.4) is 0 Å². The molecule has 1 atom stereocenters. The number of methoxy groups -OCH3 is 1. The van der Waals surface area contributed by atoms with E-state index in [1.54, 1.807) is 42.5 Å². The molecule has 1 N–H and O–H groups in total. The average Bonchev–Trinajstić information content (AvgIpc) is 2.82. The van der Waals surface area contributed by atoms with Crippen molar-refractivity contribution in [3.05, 3.63) is 104 Å². The van der Waals surface area contributed by atoms with E-state index in [0.29, 0.717) is 5.56 Å². The predicted octanol–water partition coefficient (Wildman–Crippen LogP) is 2.96. The van der Waals surface area contributed by atoms with Gasteiger partial charge in [0.1, 0.15) is 0 Å². The van der Waals surface area contributed by atoms with Gasteiger partial charge in [0.15, 0.2) is 0 Å². The molecule has 0 bridgehead atoms. The molecule has 0 fully saturated rings. The van der Waals surface area contributed by atoms with Gasteiger partial charge in [0.05, 0.1) is 22.5 Å². The summed E-state index contributed by atoms with van der Waals surface area (Å²) in [5, 5.41) is 11.3. The fourth-order valence-electron chi connectivity index (χ4n) is 3.37. The minimum absolute atomic E-state index is 0.0802. The van der Waals surface area contributed by atoms with Crippen molar-refractivity contribution in [2.45, 2.75) is 30.8 Å². The molecule has 1 unspecified atom stereocenters. The lowest BCUT2D eigenvalue weighted by atomic mass is 10.0. The summed E-state index contributed by atoms with van der Waals surface area (Å²) in [7, 11) is -2.79. The summed E-state index contributed by atoms with van der Waals surface area (Å²) in [6, 6.07) is 15.2. The number of ether oxygens (including phenoxy) is 1. The Morgan fingerprint density at radius 2 is 1.79 bits per heavy atom. The van der Waals surface area contributed by atoms with Gasteiger partial charge in [0.25, 0.3) is 0 Å². The first kappa shape index (κ1) is 24.8. The highest BCUT2D eigenvalue weighted by Crippen LogP contribution is 2.22. The van der Waals surface area contributed by atoms with Crippen molar-refractivity contribution in [2.24, 2.45) is 0 Å². The molecule has 3 rings (SSSR count). The standard InChI is InChI=1S/C23H23N3O7S/c1-16-8-10-19(11-9-16)34(31,32)24-20(17-6-4-3-5-7-17)12-13-25-15-18(23(28)33-2)14-21(22(25)27)26(29)30/h3-11,14-15,20,24H,12-13H2,1-2H3. The molecule has 10 nitrogen and oxygen atoms in total. The number of hydrogen-bond acceptors (Lipinski definition) is 7. The minimum Gasteiger partial charge on any atom is -0.465 e. The van der Waals surface area contributed by atoms with E-state index in [2.05, 4.69) is 9.46 Å². The molecule has 11 heteroatoms. The number of pyridine rings is 1. The second-order valence-corrected chi connectivity index (χ2v) is 9.26. The number of rotatable bonds is 9.